The largest absolute Gasteiger partial charge is 0.382 e. The first kappa shape index (κ1) is 15.8. The average Bonchev–Trinajstić information content (AvgIpc) is 2.51. The minimum absolute atomic E-state index is 0.288. The normalized spacial score (nSPS) is 18.2. The molecule has 1 aliphatic heterocycles. The van der Waals surface area contributed by atoms with Gasteiger partial charge in [-0.05, 0) is 64.4 Å². The molecule has 0 aromatic heterocycles. The fourth-order valence-electron chi connectivity index (χ4n) is 3.03. The molecule has 1 heterocycles. The topological polar surface area (TPSA) is 39.1 Å². The van der Waals surface area contributed by atoms with Crippen LogP contribution in [0.4, 0.5) is 10.1 Å². The van der Waals surface area contributed by atoms with Crippen molar-refractivity contribution in [2.75, 3.05) is 25.0 Å². The summed E-state index contributed by atoms with van der Waals surface area (Å²) in [7, 11) is 0. The maximum atomic E-state index is 13.8. The average molecular weight is 289 g/mol. The van der Waals surface area contributed by atoms with E-state index in [1.807, 2.05) is 6.07 Å². The first-order valence-corrected chi connectivity index (χ1v) is 7.74. The van der Waals surface area contributed by atoms with Crippen molar-refractivity contribution < 1.29 is 4.39 Å². The Hall–Kier alpha value is -1.60. The number of piperidine rings is 1. The Morgan fingerprint density at radius 2 is 2.10 bits per heavy atom. The third kappa shape index (κ3) is 3.74. The Bertz CT molecular complexity index is 528. The Balaban J connectivity index is 2.05. The molecule has 0 saturated carbocycles. The van der Waals surface area contributed by atoms with Crippen LogP contribution in [0.3, 0.4) is 0 Å². The second kappa shape index (κ2) is 6.91. The van der Waals surface area contributed by atoms with Gasteiger partial charge < -0.3 is 10.2 Å². The van der Waals surface area contributed by atoms with Crippen LogP contribution in [0.1, 0.15) is 37.8 Å². The zero-order chi connectivity index (χ0) is 15.4. The maximum absolute atomic E-state index is 13.8. The summed E-state index contributed by atoms with van der Waals surface area (Å²) in [4.78, 5) is 2.46. The van der Waals surface area contributed by atoms with Crippen LogP contribution in [0, 0.1) is 30.0 Å². The Morgan fingerprint density at radius 3 is 2.67 bits per heavy atom. The summed E-state index contributed by atoms with van der Waals surface area (Å²) in [5, 5.41) is 12.4. The van der Waals surface area contributed by atoms with E-state index in [9.17, 15) is 4.39 Å². The molecule has 0 bridgehead atoms. The molecule has 0 amide bonds. The quantitative estimate of drug-likeness (QED) is 0.921. The van der Waals surface area contributed by atoms with Crippen molar-refractivity contribution in [1.29, 1.82) is 5.26 Å². The molecule has 1 aromatic carbocycles. The highest BCUT2D eigenvalue weighted by Crippen LogP contribution is 2.26. The summed E-state index contributed by atoms with van der Waals surface area (Å²) in [6, 6.07) is 5.35. The van der Waals surface area contributed by atoms with Crippen LogP contribution in [-0.2, 0) is 0 Å². The SMILES string of the molecule is CCN1CCC(C(C)Nc2cc(C#N)cc(F)c2C)CC1. The lowest BCUT2D eigenvalue weighted by molar-refractivity contribution is 0.183. The molecule has 2 rings (SSSR count). The second-order valence-corrected chi connectivity index (χ2v) is 5.95. The second-order valence-electron chi connectivity index (χ2n) is 5.95. The Kier molecular flexibility index (Phi) is 5.19. The molecule has 3 nitrogen and oxygen atoms in total. The van der Waals surface area contributed by atoms with Crippen LogP contribution in [0.2, 0.25) is 0 Å². The molecule has 21 heavy (non-hydrogen) atoms. The van der Waals surface area contributed by atoms with Gasteiger partial charge in [-0.2, -0.15) is 5.26 Å². The van der Waals surface area contributed by atoms with Crippen LogP contribution in [0.15, 0.2) is 12.1 Å². The van der Waals surface area contributed by atoms with Crippen molar-refractivity contribution in [2.45, 2.75) is 39.7 Å². The van der Waals surface area contributed by atoms with Crippen molar-refractivity contribution in [3.63, 3.8) is 0 Å². The van der Waals surface area contributed by atoms with E-state index >= 15 is 0 Å². The molecular weight excluding hydrogens is 265 g/mol. The fourth-order valence-corrected chi connectivity index (χ4v) is 3.03. The number of hydrogen-bond acceptors (Lipinski definition) is 3. The number of benzene rings is 1. The maximum Gasteiger partial charge on any atom is 0.129 e. The number of anilines is 1. The number of likely N-dealkylation sites (tertiary alicyclic amines) is 1. The van der Waals surface area contributed by atoms with E-state index in [0.717, 1.165) is 25.3 Å². The number of nitrogens with zero attached hydrogens (tertiary/aromatic N) is 2. The van der Waals surface area contributed by atoms with Gasteiger partial charge in [-0.15, -0.1) is 0 Å². The third-order valence-corrected chi connectivity index (χ3v) is 4.64. The summed E-state index contributed by atoms with van der Waals surface area (Å²) >= 11 is 0. The van der Waals surface area contributed by atoms with Gasteiger partial charge in [0, 0.05) is 17.3 Å². The van der Waals surface area contributed by atoms with E-state index < -0.39 is 0 Å². The lowest BCUT2D eigenvalue weighted by Gasteiger charge is -2.35. The summed E-state index contributed by atoms with van der Waals surface area (Å²) in [6.45, 7) is 9.50. The van der Waals surface area contributed by atoms with E-state index in [4.69, 9.17) is 5.26 Å². The molecule has 0 radical (unpaired) electrons. The van der Waals surface area contributed by atoms with E-state index in [0.29, 0.717) is 17.0 Å². The number of nitriles is 1. The van der Waals surface area contributed by atoms with Gasteiger partial charge in [-0.25, -0.2) is 4.39 Å². The van der Waals surface area contributed by atoms with Crippen LogP contribution in [-0.4, -0.2) is 30.6 Å². The molecule has 1 fully saturated rings. The molecule has 1 unspecified atom stereocenters. The number of hydrogen-bond donors (Lipinski definition) is 1. The molecule has 1 atom stereocenters. The number of nitrogens with one attached hydrogen (secondary N) is 1. The van der Waals surface area contributed by atoms with Crippen LogP contribution in [0.25, 0.3) is 0 Å². The van der Waals surface area contributed by atoms with Gasteiger partial charge in [0.25, 0.3) is 0 Å². The zero-order valence-corrected chi connectivity index (χ0v) is 13.1. The standard InChI is InChI=1S/C17H24FN3/c1-4-21-7-5-15(6-8-21)13(3)20-17-10-14(11-19)9-16(18)12(17)2/h9-10,13,15,20H,4-8H2,1-3H3. The Labute approximate surface area is 126 Å². The lowest BCUT2D eigenvalue weighted by atomic mass is 9.90. The minimum Gasteiger partial charge on any atom is -0.382 e. The highest BCUT2D eigenvalue weighted by atomic mass is 19.1. The van der Waals surface area contributed by atoms with Gasteiger partial charge in [-0.1, -0.05) is 6.92 Å². The molecule has 4 heteroatoms. The van der Waals surface area contributed by atoms with E-state index in [2.05, 4.69) is 24.1 Å². The third-order valence-electron chi connectivity index (χ3n) is 4.64. The van der Waals surface area contributed by atoms with Gasteiger partial charge in [-0.3, -0.25) is 0 Å². The van der Waals surface area contributed by atoms with Crippen molar-refractivity contribution >= 4 is 5.69 Å². The minimum atomic E-state index is -0.315. The lowest BCUT2D eigenvalue weighted by Crippen LogP contribution is -2.39. The molecule has 114 valence electrons. The van der Waals surface area contributed by atoms with Gasteiger partial charge in [0.2, 0.25) is 0 Å². The molecule has 0 spiro atoms. The predicted octanol–water partition coefficient (Wildman–Crippen LogP) is 3.54. The predicted molar refractivity (Wildman–Crippen MR) is 83.8 cm³/mol. The van der Waals surface area contributed by atoms with Crippen LogP contribution < -0.4 is 5.32 Å². The van der Waals surface area contributed by atoms with Crippen molar-refractivity contribution in [1.82, 2.24) is 4.90 Å². The first-order chi connectivity index (χ1) is 10.0. The summed E-state index contributed by atoms with van der Waals surface area (Å²) in [6.07, 6.45) is 2.34. The van der Waals surface area contributed by atoms with Crippen molar-refractivity contribution in [3.05, 3.63) is 29.1 Å². The molecule has 1 aromatic rings. The van der Waals surface area contributed by atoms with E-state index in [-0.39, 0.29) is 11.9 Å². The Morgan fingerprint density at radius 1 is 1.43 bits per heavy atom. The molecule has 1 N–H and O–H groups in total. The van der Waals surface area contributed by atoms with Gasteiger partial charge in [0.15, 0.2) is 0 Å². The summed E-state index contributed by atoms with van der Waals surface area (Å²) in [5.74, 6) is 0.283. The van der Waals surface area contributed by atoms with Gasteiger partial charge in [0.05, 0.1) is 11.6 Å². The zero-order valence-electron chi connectivity index (χ0n) is 13.1. The van der Waals surface area contributed by atoms with Gasteiger partial charge >= 0.3 is 0 Å². The molecule has 0 aliphatic carbocycles. The highest BCUT2D eigenvalue weighted by molar-refractivity contribution is 5.56. The number of halogens is 1. The summed E-state index contributed by atoms with van der Waals surface area (Å²) in [5.41, 5.74) is 1.71. The van der Waals surface area contributed by atoms with E-state index in [1.54, 1.807) is 13.0 Å². The monoisotopic (exact) mass is 289 g/mol. The van der Waals surface area contributed by atoms with Crippen LogP contribution in [0.5, 0.6) is 0 Å². The molecule has 1 saturated heterocycles. The molecular formula is C17H24FN3. The highest BCUT2D eigenvalue weighted by Gasteiger charge is 2.23. The van der Waals surface area contributed by atoms with E-state index in [1.165, 1.54) is 18.9 Å². The van der Waals surface area contributed by atoms with Crippen molar-refractivity contribution in [2.24, 2.45) is 5.92 Å². The van der Waals surface area contributed by atoms with Gasteiger partial charge in [0.1, 0.15) is 5.82 Å². The smallest absolute Gasteiger partial charge is 0.129 e. The van der Waals surface area contributed by atoms with Crippen molar-refractivity contribution in [3.8, 4) is 6.07 Å². The van der Waals surface area contributed by atoms with Crippen LogP contribution >= 0.6 is 0 Å². The number of rotatable bonds is 4. The summed E-state index contributed by atoms with van der Waals surface area (Å²) < 4.78 is 13.8. The molecule has 1 aliphatic rings. The first-order valence-electron chi connectivity index (χ1n) is 7.74. The fraction of sp³-hybridized carbons (Fsp3) is 0.588.